The minimum atomic E-state index is 0.121. The summed E-state index contributed by atoms with van der Waals surface area (Å²) in [7, 11) is 0. The molecule has 2 aliphatic rings. The van der Waals surface area contributed by atoms with E-state index in [0.717, 1.165) is 51.3 Å². The number of nitrogens with zero attached hydrogens (tertiary/aromatic N) is 5. The average Bonchev–Trinajstić information content (AvgIpc) is 3.40. The molecule has 0 radical (unpaired) electrons. The number of aryl methyl sites for hydroxylation is 1. The van der Waals surface area contributed by atoms with Gasteiger partial charge in [0.1, 0.15) is 5.82 Å². The van der Waals surface area contributed by atoms with Crippen LogP contribution in [0, 0.1) is 0 Å². The van der Waals surface area contributed by atoms with Gasteiger partial charge in [-0.05, 0) is 56.7 Å². The van der Waals surface area contributed by atoms with E-state index in [9.17, 15) is 4.79 Å². The Morgan fingerprint density at radius 2 is 1.96 bits per heavy atom. The van der Waals surface area contributed by atoms with Crippen molar-refractivity contribution < 1.29 is 4.79 Å². The molecule has 2 aromatic rings. The SMILES string of the molecule is O=C(c1ccc(N2CCCC2)nc1)N1CCCCC1CCn1cccn1. The van der Waals surface area contributed by atoms with Crippen molar-refractivity contribution in [3.05, 3.63) is 42.4 Å². The molecule has 0 aromatic carbocycles. The van der Waals surface area contributed by atoms with Crippen molar-refractivity contribution >= 4 is 11.7 Å². The van der Waals surface area contributed by atoms with Crippen LogP contribution in [0.4, 0.5) is 5.82 Å². The summed E-state index contributed by atoms with van der Waals surface area (Å²) in [5.74, 6) is 1.11. The van der Waals surface area contributed by atoms with Crippen LogP contribution in [-0.2, 0) is 6.54 Å². The van der Waals surface area contributed by atoms with Crippen LogP contribution in [0.2, 0.25) is 0 Å². The van der Waals surface area contributed by atoms with Gasteiger partial charge in [0.15, 0.2) is 0 Å². The van der Waals surface area contributed by atoms with Crippen LogP contribution in [-0.4, -0.2) is 51.2 Å². The van der Waals surface area contributed by atoms with E-state index >= 15 is 0 Å². The topological polar surface area (TPSA) is 54.3 Å². The zero-order valence-electron chi connectivity index (χ0n) is 15.3. The van der Waals surface area contributed by atoms with E-state index in [1.807, 2.05) is 29.1 Å². The number of anilines is 1. The molecule has 0 spiro atoms. The van der Waals surface area contributed by atoms with Crippen LogP contribution in [0.1, 0.15) is 48.9 Å². The number of likely N-dealkylation sites (tertiary alicyclic amines) is 1. The third-order valence-electron chi connectivity index (χ3n) is 5.56. The largest absolute Gasteiger partial charge is 0.357 e. The van der Waals surface area contributed by atoms with Gasteiger partial charge in [-0.25, -0.2) is 4.98 Å². The summed E-state index contributed by atoms with van der Waals surface area (Å²) in [6.07, 6.45) is 12.3. The fraction of sp³-hybridized carbons (Fsp3) is 0.550. The molecular weight excluding hydrogens is 326 g/mol. The zero-order valence-corrected chi connectivity index (χ0v) is 15.3. The second kappa shape index (κ2) is 7.89. The lowest BCUT2D eigenvalue weighted by Crippen LogP contribution is -2.44. The molecule has 2 fully saturated rings. The maximum atomic E-state index is 13.1. The molecule has 6 nitrogen and oxygen atoms in total. The van der Waals surface area contributed by atoms with Crippen LogP contribution < -0.4 is 4.90 Å². The first-order valence-electron chi connectivity index (χ1n) is 9.81. The fourth-order valence-electron chi connectivity index (χ4n) is 4.09. The summed E-state index contributed by atoms with van der Waals surface area (Å²) < 4.78 is 1.95. The van der Waals surface area contributed by atoms with Gasteiger partial charge in [0.05, 0.1) is 5.56 Å². The van der Waals surface area contributed by atoms with Crippen LogP contribution in [0.15, 0.2) is 36.8 Å². The first-order chi connectivity index (χ1) is 12.8. The first-order valence-corrected chi connectivity index (χ1v) is 9.81. The Hall–Kier alpha value is -2.37. The lowest BCUT2D eigenvalue weighted by molar-refractivity contribution is 0.0593. The number of carbonyl (C=O) groups is 1. The quantitative estimate of drug-likeness (QED) is 0.829. The number of hydrogen-bond donors (Lipinski definition) is 0. The van der Waals surface area contributed by atoms with Gasteiger partial charge in [-0.15, -0.1) is 0 Å². The molecule has 2 aromatic heterocycles. The summed E-state index contributed by atoms with van der Waals surface area (Å²) in [5, 5.41) is 4.27. The van der Waals surface area contributed by atoms with Gasteiger partial charge >= 0.3 is 0 Å². The Morgan fingerprint density at radius 1 is 1.12 bits per heavy atom. The lowest BCUT2D eigenvalue weighted by Gasteiger charge is -2.36. The van der Waals surface area contributed by atoms with E-state index in [2.05, 4.69) is 19.9 Å². The summed E-state index contributed by atoms with van der Waals surface area (Å²) in [6.45, 7) is 3.84. The zero-order chi connectivity index (χ0) is 17.8. The van der Waals surface area contributed by atoms with Crippen molar-refractivity contribution in [3.8, 4) is 0 Å². The van der Waals surface area contributed by atoms with Gasteiger partial charge in [-0.2, -0.15) is 5.10 Å². The van der Waals surface area contributed by atoms with E-state index in [0.29, 0.717) is 11.6 Å². The molecule has 0 aliphatic carbocycles. The van der Waals surface area contributed by atoms with Crippen molar-refractivity contribution in [1.29, 1.82) is 0 Å². The molecule has 1 unspecified atom stereocenters. The van der Waals surface area contributed by atoms with Crippen molar-refractivity contribution in [3.63, 3.8) is 0 Å². The average molecular weight is 353 g/mol. The molecule has 0 bridgehead atoms. The minimum Gasteiger partial charge on any atom is -0.357 e. The number of pyridine rings is 1. The highest BCUT2D eigenvalue weighted by Crippen LogP contribution is 2.23. The molecule has 0 N–H and O–H groups in total. The van der Waals surface area contributed by atoms with Crippen LogP contribution >= 0.6 is 0 Å². The van der Waals surface area contributed by atoms with E-state index in [1.165, 1.54) is 19.3 Å². The number of amides is 1. The van der Waals surface area contributed by atoms with E-state index in [1.54, 1.807) is 12.4 Å². The van der Waals surface area contributed by atoms with Gasteiger partial charge in [0.2, 0.25) is 0 Å². The maximum absolute atomic E-state index is 13.1. The Kier molecular flexibility index (Phi) is 5.18. The highest BCUT2D eigenvalue weighted by atomic mass is 16.2. The number of carbonyl (C=O) groups excluding carboxylic acids is 1. The Morgan fingerprint density at radius 3 is 2.69 bits per heavy atom. The molecular formula is C20H27N5O. The number of aromatic nitrogens is 3. The molecule has 6 heteroatoms. The Bertz CT molecular complexity index is 706. The standard InChI is InChI=1S/C20H27N5O/c26-20(17-7-8-19(21-16-17)23-11-3-4-12-23)25-14-2-1-6-18(25)9-15-24-13-5-10-22-24/h5,7-8,10,13,16,18H,1-4,6,9,11-12,14-15H2. The third-order valence-corrected chi connectivity index (χ3v) is 5.56. The predicted molar refractivity (Wildman–Crippen MR) is 101 cm³/mol. The second-order valence-corrected chi connectivity index (χ2v) is 7.31. The first kappa shape index (κ1) is 17.1. The van der Waals surface area contributed by atoms with Gasteiger partial charge < -0.3 is 9.80 Å². The van der Waals surface area contributed by atoms with Crippen LogP contribution in [0.5, 0.6) is 0 Å². The summed E-state index contributed by atoms with van der Waals surface area (Å²) in [5.41, 5.74) is 0.707. The van der Waals surface area contributed by atoms with Gasteiger partial charge in [0, 0.05) is 50.8 Å². The minimum absolute atomic E-state index is 0.121. The van der Waals surface area contributed by atoms with Crippen molar-refractivity contribution in [1.82, 2.24) is 19.7 Å². The van der Waals surface area contributed by atoms with E-state index in [-0.39, 0.29) is 5.91 Å². The summed E-state index contributed by atoms with van der Waals surface area (Å²) in [6, 6.07) is 6.18. The third kappa shape index (κ3) is 3.74. The summed E-state index contributed by atoms with van der Waals surface area (Å²) >= 11 is 0. The highest BCUT2D eigenvalue weighted by molar-refractivity contribution is 5.94. The molecule has 4 rings (SSSR count). The van der Waals surface area contributed by atoms with Crippen LogP contribution in [0.25, 0.3) is 0 Å². The van der Waals surface area contributed by atoms with Gasteiger partial charge in [0.25, 0.3) is 5.91 Å². The number of rotatable bonds is 5. The van der Waals surface area contributed by atoms with Crippen molar-refractivity contribution in [2.45, 2.75) is 51.1 Å². The van der Waals surface area contributed by atoms with Gasteiger partial charge in [-0.1, -0.05) is 0 Å². The molecule has 0 saturated carbocycles. The van der Waals surface area contributed by atoms with E-state index in [4.69, 9.17) is 0 Å². The monoisotopic (exact) mass is 353 g/mol. The Labute approximate surface area is 154 Å². The molecule has 26 heavy (non-hydrogen) atoms. The summed E-state index contributed by atoms with van der Waals surface area (Å²) in [4.78, 5) is 22.0. The highest BCUT2D eigenvalue weighted by Gasteiger charge is 2.27. The number of piperidine rings is 1. The normalized spacial score (nSPS) is 20.5. The molecule has 2 saturated heterocycles. The molecule has 138 valence electrons. The molecule has 1 amide bonds. The molecule has 2 aliphatic heterocycles. The molecule has 1 atom stereocenters. The molecule has 4 heterocycles. The van der Waals surface area contributed by atoms with E-state index < -0.39 is 0 Å². The second-order valence-electron chi connectivity index (χ2n) is 7.31. The van der Waals surface area contributed by atoms with Gasteiger partial charge in [-0.3, -0.25) is 9.48 Å². The Balaban J connectivity index is 1.42. The fourth-order valence-corrected chi connectivity index (χ4v) is 4.09. The van der Waals surface area contributed by atoms with Crippen molar-refractivity contribution in [2.75, 3.05) is 24.5 Å². The van der Waals surface area contributed by atoms with Crippen molar-refractivity contribution in [2.24, 2.45) is 0 Å². The predicted octanol–water partition coefficient (Wildman–Crippen LogP) is 2.96. The maximum Gasteiger partial charge on any atom is 0.255 e. The lowest BCUT2D eigenvalue weighted by atomic mass is 9.98. The number of hydrogen-bond acceptors (Lipinski definition) is 4. The smallest absolute Gasteiger partial charge is 0.255 e. The van der Waals surface area contributed by atoms with Crippen LogP contribution in [0.3, 0.4) is 0 Å².